The number of carbonyl (C=O) groups excluding carboxylic acids is 1. The third-order valence-corrected chi connectivity index (χ3v) is 4.46. The first-order valence-corrected chi connectivity index (χ1v) is 8.32. The molecule has 0 bridgehead atoms. The predicted octanol–water partition coefficient (Wildman–Crippen LogP) is 4.87. The van der Waals surface area contributed by atoms with Gasteiger partial charge in [0.2, 0.25) is 0 Å². The second-order valence-electron chi connectivity index (χ2n) is 5.99. The lowest BCUT2D eigenvalue weighted by Crippen LogP contribution is -2.09. The largest absolute Gasteiger partial charge is 0.461 e. The van der Waals surface area contributed by atoms with E-state index in [-0.39, 0.29) is 5.97 Å². The van der Waals surface area contributed by atoms with Crippen molar-refractivity contribution in [3.63, 3.8) is 0 Å². The van der Waals surface area contributed by atoms with Crippen LogP contribution in [0.5, 0.6) is 0 Å². The van der Waals surface area contributed by atoms with E-state index in [4.69, 9.17) is 4.74 Å². The van der Waals surface area contributed by atoms with Crippen molar-refractivity contribution in [3.8, 4) is 11.1 Å². The van der Waals surface area contributed by atoms with Crippen LogP contribution in [0.15, 0.2) is 54.7 Å². The topological polar surface area (TPSA) is 55.0 Å². The number of rotatable bonds is 3. The van der Waals surface area contributed by atoms with Gasteiger partial charge in [-0.2, -0.15) is 0 Å². The standard InChI is InChI=1S/C21H18N2O2/c1-3-25-21(24)20-13(2)19-16-11-15(14-7-5-4-6-8-14)9-10-17(16)23-18(19)12-22-20/h4-12,23H,3H2,1-2H3. The average molecular weight is 330 g/mol. The number of aromatic amines is 1. The summed E-state index contributed by atoms with van der Waals surface area (Å²) in [5.41, 5.74) is 5.47. The van der Waals surface area contributed by atoms with Gasteiger partial charge in [-0.05, 0) is 42.7 Å². The number of nitrogens with one attached hydrogen (secondary N) is 1. The molecule has 1 N–H and O–H groups in total. The highest BCUT2D eigenvalue weighted by Crippen LogP contribution is 2.32. The van der Waals surface area contributed by atoms with Crippen LogP contribution in [-0.2, 0) is 4.74 Å². The van der Waals surface area contributed by atoms with Crippen molar-refractivity contribution < 1.29 is 9.53 Å². The third kappa shape index (κ3) is 2.56. The minimum atomic E-state index is -0.379. The van der Waals surface area contributed by atoms with Gasteiger partial charge in [-0.1, -0.05) is 36.4 Å². The van der Waals surface area contributed by atoms with Crippen molar-refractivity contribution in [2.45, 2.75) is 13.8 Å². The number of aromatic nitrogens is 2. The summed E-state index contributed by atoms with van der Waals surface area (Å²) >= 11 is 0. The summed E-state index contributed by atoms with van der Waals surface area (Å²) in [6, 6.07) is 16.6. The summed E-state index contributed by atoms with van der Waals surface area (Å²) in [4.78, 5) is 19.8. The molecule has 4 aromatic rings. The zero-order valence-corrected chi connectivity index (χ0v) is 14.2. The quantitative estimate of drug-likeness (QED) is 0.545. The highest BCUT2D eigenvalue weighted by Gasteiger charge is 2.17. The molecule has 4 nitrogen and oxygen atoms in total. The molecule has 0 amide bonds. The van der Waals surface area contributed by atoms with E-state index in [2.05, 4.69) is 40.3 Å². The van der Waals surface area contributed by atoms with E-state index >= 15 is 0 Å². The van der Waals surface area contributed by atoms with E-state index in [1.165, 1.54) is 0 Å². The van der Waals surface area contributed by atoms with Crippen molar-refractivity contribution in [1.82, 2.24) is 9.97 Å². The molecule has 4 heteroatoms. The Labute approximate surface area is 145 Å². The molecule has 0 atom stereocenters. The second-order valence-corrected chi connectivity index (χ2v) is 5.99. The molecule has 0 spiro atoms. The van der Waals surface area contributed by atoms with Crippen LogP contribution in [0.1, 0.15) is 23.0 Å². The fraction of sp³-hybridized carbons (Fsp3) is 0.143. The summed E-state index contributed by atoms with van der Waals surface area (Å²) in [6.45, 7) is 4.05. The van der Waals surface area contributed by atoms with Gasteiger partial charge in [-0.15, -0.1) is 0 Å². The highest BCUT2D eigenvalue weighted by molar-refractivity contribution is 6.11. The Bertz CT molecular complexity index is 1080. The molecule has 4 rings (SSSR count). The molecule has 0 saturated heterocycles. The Morgan fingerprint density at radius 3 is 2.64 bits per heavy atom. The zero-order chi connectivity index (χ0) is 17.4. The van der Waals surface area contributed by atoms with E-state index in [9.17, 15) is 4.79 Å². The number of hydrogen-bond donors (Lipinski definition) is 1. The number of carbonyl (C=O) groups is 1. The summed E-state index contributed by atoms with van der Waals surface area (Å²) < 4.78 is 5.13. The lowest BCUT2D eigenvalue weighted by atomic mass is 10.0. The summed E-state index contributed by atoms with van der Waals surface area (Å²) in [7, 11) is 0. The van der Waals surface area contributed by atoms with Gasteiger partial charge in [-0.3, -0.25) is 0 Å². The summed E-state index contributed by atoms with van der Waals surface area (Å²) in [5.74, 6) is -0.379. The molecular formula is C21H18N2O2. The van der Waals surface area contributed by atoms with Crippen LogP contribution >= 0.6 is 0 Å². The van der Waals surface area contributed by atoms with E-state index in [1.807, 2.05) is 25.1 Å². The van der Waals surface area contributed by atoms with Crippen molar-refractivity contribution in [2.24, 2.45) is 0 Å². The molecule has 0 unspecified atom stereocenters. The number of ether oxygens (including phenoxy) is 1. The number of pyridine rings is 1. The number of aryl methyl sites for hydroxylation is 1. The van der Waals surface area contributed by atoms with Crippen LogP contribution < -0.4 is 0 Å². The van der Waals surface area contributed by atoms with E-state index in [0.29, 0.717) is 12.3 Å². The molecule has 0 aliphatic rings. The van der Waals surface area contributed by atoms with Gasteiger partial charge in [0.05, 0.1) is 18.3 Å². The fourth-order valence-corrected chi connectivity index (χ4v) is 3.27. The lowest BCUT2D eigenvalue weighted by molar-refractivity contribution is 0.0519. The van der Waals surface area contributed by atoms with E-state index < -0.39 is 0 Å². The number of hydrogen-bond acceptors (Lipinski definition) is 3. The maximum Gasteiger partial charge on any atom is 0.357 e. The van der Waals surface area contributed by atoms with Crippen LogP contribution in [0.2, 0.25) is 0 Å². The van der Waals surface area contributed by atoms with Gasteiger partial charge in [0.25, 0.3) is 0 Å². The van der Waals surface area contributed by atoms with Crippen LogP contribution in [0.3, 0.4) is 0 Å². The first kappa shape index (κ1) is 15.4. The number of benzene rings is 2. The molecule has 2 aromatic carbocycles. The van der Waals surface area contributed by atoms with Gasteiger partial charge < -0.3 is 9.72 Å². The van der Waals surface area contributed by atoms with Crippen molar-refractivity contribution in [1.29, 1.82) is 0 Å². The maximum atomic E-state index is 12.2. The fourth-order valence-electron chi connectivity index (χ4n) is 3.27. The monoisotopic (exact) mass is 330 g/mol. The molecule has 124 valence electrons. The Morgan fingerprint density at radius 2 is 1.88 bits per heavy atom. The Hall–Kier alpha value is -3.14. The average Bonchev–Trinajstić information content (AvgIpc) is 3.01. The molecule has 2 aromatic heterocycles. The first-order valence-electron chi connectivity index (χ1n) is 8.32. The van der Waals surface area contributed by atoms with Gasteiger partial charge in [-0.25, -0.2) is 9.78 Å². The molecule has 0 aliphatic carbocycles. The highest BCUT2D eigenvalue weighted by atomic mass is 16.5. The van der Waals surface area contributed by atoms with Crippen molar-refractivity contribution in [3.05, 3.63) is 66.0 Å². The van der Waals surface area contributed by atoms with E-state index in [1.54, 1.807) is 13.1 Å². The number of esters is 1. The molecule has 0 radical (unpaired) electrons. The molecule has 0 aliphatic heterocycles. The molecule has 0 saturated carbocycles. The van der Waals surface area contributed by atoms with Crippen molar-refractivity contribution >= 4 is 27.8 Å². The summed E-state index contributed by atoms with van der Waals surface area (Å²) in [6.07, 6.45) is 1.71. The predicted molar refractivity (Wildman–Crippen MR) is 99.7 cm³/mol. The van der Waals surface area contributed by atoms with Crippen LogP contribution in [-0.4, -0.2) is 22.5 Å². The Balaban J connectivity index is 1.96. The molecule has 2 heterocycles. The normalized spacial score (nSPS) is 11.1. The molecule has 25 heavy (non-hydrogen) atoms. The maximum absolute atomic E-state index is 12.2. The van der Waals surface area contributed by atoms with Gasteiger partial charge in [0.15, 0.2) is 5.69 Å². The SMILES string of the molecule is CCOC(=O)c1ncc2[nH]c3ccc(-c4ccccc4)cc3c2c1C. The van der Waals surface area contributed by atoms with E-state index in [0.717, 1.165) is 38.5 Å². The molecule has 0 fully saturated rings. The Morgan fingerprint density at radius 1 is 1.08 bits per heavy atom. The number of nitrogens with zero attached hydrogens (tertiary/aromatic N) is 1. The smallest absolute Gasteiger partial charge is 0.357 e. The van der Waals surface area contributed by atoms with Gasteiger partial charge in [0, 0.05) is 16.3 Å². The Kier molecular flexibility index (Phi) is 3.73. The second kappa shape index (κ2) is 6.06. The summed E-state index contributed by atoms with van der Waals surface area (Å²) in [5, 5.41) is 2.10. The number of H-pyrrole nitrogens is 1. The van der Waals surface area contributed by atoms with Crippen LogP contribution in [0.4, 0.5) is 0 Å². The minimum absolute atomic E-state index is 0.337. The third-order valence-electron chi connectivity index (χ3n) is 4.46. The zero-order valence-electron chi connectivity index (χ0n) is 14.2. The first-order chi connectivity index (χ1) is 12.2. The van der Waals surface area contributed by atoms with Crippen LogP contribution in [0.25, 0.3) is 32.9 Å². The van der Waals surface area contributed by atoms with Gasteiger partial charge in [0.1, 0.15) is 0 Å². The molecular weight excluding hydrogens is 312 g/mol. The minimum Gasteiger partial charge on any atom is -0.461 e. The van der Waals surface area contributed by atoms with Crippen LogP contribution in [0, 0.1) is 6.92 Å². The van der Waals surface area contributed by atoms with Crippen molar-refractivity contribution in [2.75, 3.05) is 6.61 Å². The lowest BCUT2D eigenvalue weighted by Gasteiger charge is -2.06. The number of fused-ring (bicyclic) bond motifs is 3. The van der Waals surface area contributed by atoms with Gasteiger partial charge >= 0.3 is 5.97 Å².